The van der Waals surface area contributed by atoms with Crippen molar-refractivity contribution in [3.8, 4) is 0 Å². The maximum Gasteiger partial charge on any atom is 0.243 e. The number of rotatable bonds is 4. The number of anilines is 1. The Morgan fingerprint density at radius 1 is 1.08 bits per heavy atom. The average Bonchev–Trinajstić information content (AvgIpc) is 3.46. The zero-order chi connectivity index (χ0) is 18.3. The summed E-state index contributed by atoms with van der Waals surface area (Å²) in [6.45, 7) is 2.74. The zero-order valence-electron chi connectivity index (χ0n) is 14.7. The van der Waals surface area contributed by atoms with Gasteiger partial charge in [0.1, 0.15) is 0 Å². The number of carbonyl (C=O) groups is 1. The molecule has 2 aliphatic rings. The van der Waals surface area contributed by atoms with Crippen LogP contribution in [0.1, 0.15) is 29.5 Å². The van der Waals surface area contributed by atoms with Crippen molar-refractivity contribution >= 4 is 21.6 Å². The summed E-state index contributed by atoms with van der Waals surface area (Å²) in [5, 5.41) is 2.94. The largest absolute Gasteiger partial charge is 0.326 e. The summed E-state index contributed by atoms with van der Waals surface area (Å²) < 4.78 is 27.4. The topological polar surface area (TPSA) is 66.5 Å². The second-order valence-electron chi connectivity index (χ2n) is 7.15. The highest BCUT2D eigenvalue weighted by Crippen LogP contribution is 2.31. The summed E-state index contributed by atoms with van der Waals surface area (Å²) in [7, 11) is -3.51. The highest BCUT2D eigenvalue weighted by atomic mass is 32.2. The minimum atomic E-state index is -3.51. The van der Waals surface area contributed by atoms with Gasteiger partial charge in [0.2, 0.25) is 15.9 Å². The van der Waals surface area contributed by atoms with Crippen LogP contribution in [0, 0.1) is 12.8 Å². The SMILES string of the molecule is Cc1ccc(S(=O)(=O)N2CCc3ccc(NC(=O)C4CC4)cc3C2)cc1. The number of sulfonamides is 1. The Morgan fingerprint density at radius 3 is 2.50 bits per heavy atom. The van der Waals surface area contributed by atoms with Crippen LogP contribution in [0.4, 0.5) is 5.69 Å². The molecule has 1 N–H and O–H groups in total. The van der Waals surface area contributed by atoms with Crippen molar-refractivity contribution in [2.24, 2.45) is 5.92 Å². The van der Waals surface area contributed by atoms with Gasteiger partial charge in [-0.15, -0.1) is 0 Å². The Kier molecular flexibility index (Phi) is 4.32. The molecule has 136 valence electrons. The number of aryl methyl sites for hydroxylation is 1. The van der Waals surface area contributed by atoms with Gasteiger partial charge in [-0.25, -0.2) is 8.42 Å². The summed E-state index contributed by atoms with van der Waals surface area (Å²) in [6.07, 6.45) is 2.59. The van der Waals surface area contributed by atoms with Crippen LogP contribution < -0.4 is 5.32 Å². The quantitative estimate of drug-likeness (QED) is 0.899. The molecule has 4 rings (SSSR count). The lowest BCUT2D eigenvalue weighted by atomic mass is 10.0. The molecule has 2 aromatic rings. The minimum Gasteiger partial charge on any atom is -0.326 e. The monoisotopic (exact) mass is 370 g/mol. The number of nitrogens with zero attached hydrogens (tertiary/aromatic N) is 1. The molecule has 0 bridgehead atoms. The lowest BCUT2D eigenvalue weighted by Gasteiger charge is -2.28. The molecule has 5 nitrogen and oxygen atoms in total. The van der Waals surface area contributed by atoms with Crippen molar-refractivity contribution in [1.82, 2.24) is 4.31 Å². The Balaban J connectivity index is 1.56. The van der Waals surface area contributed by atoms with E-state index in [1.54, 1.807) is 12.1 Å². The fourth-order valence-corrected chi connectivity index (χ4v) is 4.68. The number of fused-ring (bicyclic) bond motifs is 1. The number of hydrogen-bond donors (Lipinski definition) is 1. The summed E-state index contributed by atoms with van der Waals surface area (Å²) in [5.74, 6) is 0.203. The van der Waals surface area contributed by atoms with Crippen LogP contribution in [0.15, 0.2) is 47.4 Å². The predicted molar refractivity (Wildman–Crippen MR) is 100 cm³/mol. The molecular weight excluding hydrogens is 348 g/mol. The number of carbonyl (C=O) groups excluding carboxylic acids is 1. The Hall–Kier alpha value is -2.18. The fraction of sp³-hybridized carbons (Fsp3) is 0.350. The molecule has 0 saturated heterocycles. The molecule has 1 amide bonds. The summed E-state index contributed by atoms with van der Waals surface area (Å²) in [4.78, 5) is 12.3. The van der Waals surface area contributed by atoms with E-state index in [0.717, 1.165) is 35.2 Å². The van der Waals surface area contributed by atoms with Crippen LogP contribution in [0.5, 0.6) is 0 Å². The van der Waals surface area contributed by atoms with Crippen LogP contribution >= 0.6 is 0 Å². The van der Waals surface area contributed by atoms with Gasteiger partial charge < -0.3 is 5.32 Å². The molecular formula is C20H22N2O3S. The van der Waals surface area contributed by atoms with Gasteiger partial charge >= 0.3 is 0 Å². The van der Waals surface area contributed by atoms with E-state index in [1.807, 2.05) is 37.3 Å². The van der Waals surface area contributed by atoms with E-state index in [0.29, 0.717) is 24.4 Å². The molecule has 0 radical (unpaired) electrons. The van der Waals surface area contributed by atoms with Crippen molar-refractivity contribution in [3.63, 3.8) is 0 Å². The van der Waals surface area contributed by atoms with Gasteiger partial charge in [-0.3, -0.25) is 4.79 Å². The molecule has 1 fully saturated rings. The van der Waals surface area contributed by atoms with Gasteiger partial charge in [0, 0.05) is 24.7 Å². The van der Waals surface area contributed by atoms with E-state index in [4.69, 9.17) is 0 Å². The third-order valence-electron chi connectivity index (χ3n) is 5.06. The van der Waals surface area contributed by atoms with Crippen LogP contribution in [0.25, 0.3) is 0 Å². The van der Waals surface area contributed by atoms with E-state index in [2.05, 4.69) is 5.32 Å². The lowest BCUT2D eigenvalue weighted by Crippen LogP contribution is -2.36. The molecule has 6 heteroatoms. The third-order valence-corrected chi connectivity index (χ3v) is 6.92. The number of amides is 1. The maximum atomic E-state index is 12.9. The number of nitrogens with one attached hydrogen (secondary N) is 1. The van der Waals surface area contributed by atoms with Gasteiger partial charge in [-0.2, -0.15) is 4.31 Å². The first kappa shape index (κ1) is 17.2. The molecule has 0 aromatic heterocycles. The first-order valence-electron chi connectivity index (χ1n) is 8.93. The highest BCUT2D eigenvalue weighted by Gasteiger charge is 2.31. The molecule has 0 atom stereocenters. The van der Waals surface area contributed by atoms with Crippen molar-refractivity contribution in [2.45, 2.75) is 37.6 Å². The van der Waals surface area contributed by atoms with Crippen molar-refractivity contribution in [3.05, 3.63) is 59.2 Å². The summed E-state index contributed by atoms with van der Waals surface area (Å²) >= 11 is 0. The summed E-state index contributed by atoms with van der Waals surface area (Å²) in [5.41, 5.74) is 3.88. The average molecular weight is 370 g/mol. The predicted octanol–water partition coefficient (Wildman–Crippen LogP) is 3.09. The van der Waals surface area contributed by atoms with Crippen molar-refractivity contribution < 1.29 is 13.2 Å². The van der Waals surface area contributed by atoms with Gasteiger partial charge in [-0.05, 0) is 61.6 Å². The van der Waals surface area contributed by atoms with E-state index in [1.165, 1.54) is 4.31 Å². The van der Waals surface area contributed by atoms with Crippen molar-refractivity contribution in [1.29, 1.82) is 0 Å². The van der Waals surface area contributed by atoms with E-state index in [9.17, 15) is 13.2 Å². The van der Waals surface area contributed by atoms with E-state index < -0.39 is 10.0 Å². The van der Waals surface area contributed by atoms with E-state index in [-0.39, 0.29) is 11.8 Å². The normalized spacial score (nSPS) is 17.6. The van der Waals surface area contributed by atoms with Crippen LogP contribution in [-0.4, -0.2) is 25.2 Å². The third kappa shape index (κ3) is 3.39. The lowest BCUT2D eigenvalue weighted by molar-refractivity contribution is -0.117. The molecule has 0 unspecified atom stereocenters. The summed E-state index contributed by atoms with van der Waals surface area (Å²) in [6, 6.07) is 12.8. The number of benzene rings is 2. The van der Waals surface area contributed by atoms with Gasteiger partial charge in [0.25, 0.3) is 0 Å². The molecule has 1 aliphatic carbocycles. The first-order chi connectivity index (χ1) is 12.4. The Labute approximate surface area is 154 Å². The van der Waals surface area contributed by atoms with Crippen LogP contribution in [0.3, 0.4) is 0 Å². The number of hydrogen-bond acceptors (Lipinski definition) is 3. The zero-order valence-corrected chi connectivity index (χ0v) is 15.6. The second-order valence-corrected chi connectivity index (χ2v) is 9.09. The molecule has 1 heterocycles. The molecule has 0 spiro atoms. The Morgan fingerprint density at radius 2 is 1.81 bits per heavy atom. The fourth-order valence-electron chi connectivity index (χ4n) is 3.26. The van der Waals surface area contributed by atoms with Gasteiger partial charge in [-0.1, -0.05) is 23.8 Å². The first-order valence-corrected chi connectivity index (χ1v) is 10.4. The highest BCUT2D eigenvalue weighted by molar-refractivity contribution is 7.89. The maximum absolute atomic E-state index is 12.9. The van der Waals surface area contributed by atoms with Gasteiger partial charge in [0.05, 0.1) is 4.90 Å². The van der Waals surface area contributed by atoms with Crippen LogP contribution in [-0.2, 0) is 27.8 Å². The van der Waals surface area contributed by atoms with Crippen LogP contribution in [0.2, 0.25) is 0 Å². The minimum absolute atomic E-state index is 0.0601. The Bertz CT molecular complexity index is 948. The molecule has 1 saturated carbocycles. The van der Waals surface area contributed by atoms with Crippen molar-refractivity contribution in [2.75, 3.05) is 11.9 Å². The molecule has 1 aliphatic heterocycles. The van der Waals surface area contributed by atoms with Gasteiger partial charge in [0.15, 0.2) is 0 Å². The standard InChI is InChI=1S/C20H22N2O3S/c1-14-2-8-19(9-3-14)26(24,25)22-11-10-15-6-7-18(12-17(15)13-22)21-20(23)16-4-5-16/h2-3,6-9,12,16H,4-5,10-11,13H2,1H3,(H,21,23). The molecule has 2 aromatic carbocycles. The smallest absolute Gasteiger partial charge is 0.243 e. The second kappa shape index (κ2) is 6.52. The molecule has 26 heavy (non-hydrogen) atoms. The van der Waals surface area contributed by atoms with E-state index >= 15 is 0 Å².